The van der Waals surface area contributed by atoms with Crippen molar-refractivity contribution in [3.05, 3.63) is 119 Å². The molecule has 0 bridgehead atoms. The van der Waals surface area contributed by atoms with Gasteiger partial charge in [0.1, 0.15) is 11.6 Å². The minimum absolute atomic E-state index is 0.101. The number of para-hydroxylation sites is 1. The number of carbonyl (C=O) groups excluding carboxylic acids is 3. The summed E-state index contributed by atoms with van der Waals surface area (Å²) in [5.41, 5.74) is 1.83. The number of amides is 3. The number of rotatable bonds is 7. The Labute approximate surface area is 201 Å². The predicted molar refractivity (Wildman–Crippen MR) is 130 cm³/mol. The van der Waals surface area contributed by atoms with Crippen LogP contribution in [0.15, 0.2) is 89.5 Å². The largest absolute Gasteiger partial charge is 0.467 e. The first-order valence-corrected chi connectivity index (χ1v) is 10.8. The lowest BCUT2D eigenvalue weighted by Crippen LogP contribution is -2.24. The topological polar surface area (TPSA) is 100 Å². The average molecular weight is 471 g/mol. The number of benzene rings is 3. The van der Waals surface area contributed by atoms with Gasteiger partial charge in [0.25, 0.3) is 17.7 Å². The summed E-state index contributed by atoms with van der Waals surface area (Å²) in [5, 5.41) is 8.15. The van der Waals surface area contributed by atoms with E-state index in [1.54, 1.807) is 61.5 Å². The number of halogens is 1. The highest BCUT2D eigenvalue weighted by atomic mass is 19.1. The molecule has 0 saturated carbocycles. The molecule has 0 aliphatic rings. The Kier molecular flexibility index (Phi) is 7.02. The van der Waals surface area contributed by atoms with Gasteiger partial charge in [-0.15, -0.1) is 0 Å². The Morgan fingerprint density at radius 2 is 1.49 bits per heavy atom. The van der Waals surface area contributed by atoms with E-state index in [4.69, 9.17) is 4.42 Å². The molecule has 0 aliphatic heterocycles. The zero-order valence-electron chi connectivity index (χ0n) is 18.8. The second-order valence-corrected chi connectivity index (χ2v) is 7.73. The van der Waals surface area contributed by atoms with E-state index in [1.165, 1.54) is 30.5 Å². The number of hydrogen-bond donors (Lipinski definition) is 3. The molecule has 3 N–H and O–H groups in total. The van der Waals surface area contributed by atoms with Crippen LogP contribution in [-0.4, -0.2) is 17.7 Å². The van der Waals surface area contributed by atoms with Gasteiger partial charge in [-0.05, 0) is 61.0 Å². The predicted octanol–water partition coefficient (Wildman–Crippen LogP) is 5.16. The Morgan fingerprint density at radius 3 is 2.23 bits per heavy atom. The molecule has 0 radical (unpaired) electrons. The average Bonchev–Trinajstić information content (AvgIpc) is 3.38. The fourth-order valence-corrected chi connectivity index (χ4v) is 3.39. The van der Waals surface area contributed by atoms with E-state index < -0.39 is 17.6 Å². The Balaban J connectivity index is 1.49. The Hall–Kier alpha value is -4.72. The molecule has 3 amide bonds. The van der Waals surface area contributed by atoms with Crippen LogP contribution in [0.2, 0.25) is 0 Å². The molecule has 0 aliphatic carbocycles. The third kappa shape index (κ3) is 5.62. The maximum Gasteiger partial charge on any atom is 0.258 e. The summed E-state index contributed by atoms with van der Waals surface area (Å²) in [6.07, 6.45) is 1.52. The molecule has 0 fully saturated rings. The van der Waals surface area contributed by atoms with Crippen molar-refractivity contribution in [1.29, 1.82) is 0 Å². The van der Waals surface area contributed by atoms with Crippen molar-refractivity contribution < 1.29 is 23.2 Å². The van der Waals surface area contributed by atoms with E-state index in [0.717, 1.165) is 0 Å². The molecule has 4 aromatic rings. The van der Waals surface area contributed by atoms with E-state index in [2.05, 4.69) is 16.0 Å². The summed E-state index contributed by atoms with van der Waals surface area (Å²) in [7, 11) is 0. The summed E-state index contributed by atoms with van der Waals surface area (Å²) < 4.78 is 19.2. The maximum atomic E-state index is 14.0. The molecule has 4 rings (SSSR count). The van der Waals surface area contributed by atoms with E-state index in [-0.39, 0.29) is 29.1 Å². The highest BCUT2D eigenvalue weighted by Crippen LogP contribution is 2.21. The molecule has 7 nitrogen and oxygen atoms in total. The first kappa shape index (κ1) is 23.4. The van der Waals surface area contributed by atoms with Crippen LogP contribution in [0.4, 0.5) is 15.8 Å². The van der Waals surface area contributed by atoms with Gasteiger partial charge in [0.2, 0.25) is 0 Å². The molecule has 1 heterocycles. The third-order valence-electron chi connectivity index (χ3n) is 5.29. The van der Waals surface area contributed by atoms with Crippen LogP contribution in [0.1, 0.15) is 42.4 Å². The van der Waals surface area contributed by atoms with Gasteiger partial charge in [0, 0.05) is 11.3 Å². The Bertz CT molecular complexity index is 1380. The van der Waals surface area contributed by atoms with Crippen molar-refractivity contribution in [2.75, 3.05) is 10.6 Å². The molecule has 8 heteroatoms. The van der Waals surface area contributed by atoms with Crippen LogP contribution in [0.5, 0.6) is 0 Å². The second kappa shape index (κ2) is 10.5. The summed E-state index contributed by atoms with van der Waals surface area (Å²) in [6.45, 7) is 1.97. The van der Waals surface area contributed by atoms with Gasteiger partial charge in [-0.2, -0.15) is 0 Å². The first-order valence-electron chi connectivity index (χ1n) is 10.8. The van der Waals surface area contributed by atoms with Crippen LogP contribution in [-0.2, 0) is 6.54 Å². The van der Waals surface area contributed by atoms with E-state index in [9.17, 15) is 18.8 Å². The van der Waals surface area contributed by atoms with E-state index in [0.29, 0.717) is 22.7 Å². The lowest BCUT2D eigenvalue weighted by atomic mass is 10.1. The van der Waals surface area contributed by atoms with Crippen molar-refractivity contribution in [3.63, 3.8) is 0 Å². The molecule has 0 unspecified atom stereocenters. The van der Waals surface area contributed by atoms with Crippen LogP contribution in [0, 0.1) is 12.7 Å². The fourth-order valence-electron chi connectivity index (χ4n) is 3.39. The van der Waals surface area contributed by atoms with Crippen LogP contribution in [0.3, 0.4) is 0 Å². The normalized spacial score (nSPS) is 10.5. The number of furan rings is 1. The highest BCUT2D eigenvalue weighted by Gasteiger charge is 2.17. The SMILES string of the molecule is Cc1ccc(C(=O)Nc2ccccc2C(=O)NCc2ccco2)cc1NC(=O)c1ccccc1F. The summed E-state index contributed by atoms with van der Waals surface area (Å²) in [6, 6.07) is 20.5. The van der Waals surface area contributed by atoms with Gasteiger partial charge >= 0.3 is 0 Å². The molecule has 176 valence electrons. The van der Waals surface area contributed by atoms with Gasteiger partial charge in [0.05, 0.1) is 29.6 Å². The molecule has 0 saturated heterocycles. The lowest BCUT2D eigenvalue weighted by Gasteiger charge is -2.13. The lowest BCUT2D eigenvalue weighted by molar-refractivity contribution is 0.0948. The van der Waals surface area contributed by atoms with Gasteiger partial charge in [0.15, 0.2) is 0 Å². The third-order valence-corrected chi connectivity index (χ3v) is 5.29. The molecular weight excluding hydrogens is 449 g/mol. The first-order chi connectivity index (χ1) is 16.9. The van der Waals surface area contributed by atoms with E-state index >= 15 is 0 Å². The number of hydrogen-bond acceptors (Lipinski definition) is 4. The number of carbonyl (C=O) groups is 3. The minimum Gasteiger partial charge on any atom is -0.467 e. The summed E-state index contributed by atoms with van der Waals surface area (Å²) in [4.78, 5) is 38.2. The van der Waals surface area contributed by atoms with Crippen molar-refractivity contribution in [3.8, 4) is 0 Å². The molecule has 0 atom stereocenters. The number of anilines is 2. The van der Waals surface area contributed by atoms with Gasteiger partial charge in [-0.25, -0.2) is 4.39 Å². The zero-order valence-corrected chi connectivity index (χ0v) is 18.8. The number of aryl methyl sites for hydroxylation is 1. The van der Waals surface area contributed by atoms with Crippen molar-refractivity contribution >= 4 is 29.1 Å². The summed E-state index contributed by atoms with van der Waals surface area (Å²) in [5.74, 6) is -1.51. The van der Waals surface area contributed by atoms with E-state index in [1.807, 2.05) is 0 Å². The monoisotopic (exact) mass is 471 g/mol. The zero-order chi connectivity index (χ0) is 24.8. The van der Waals surface area contributed by atoms with Crippen LogP contribution >= 0.6 is 0 Å². The number of nitrogens with one attached hydrogen (secondary N) is 3. The quantitative estimate of drug-likeness (QED) is 0.347. The standard InChI is InChI=1S/C27H22FN3O4/c1-17-12-13-18(15-24(17)31-27(34)20-8-2-4-10-22(20)28)25(32)30-23-11-5-3-9-21(23)26(33)29-16-19-7-6-14-35-19/h2-15H,16H2,1H3,(H,29,33)(H,30,32)(H,31,34). The molecule has 0 spiro atoms. The van der Waals surface area contributed by atoms with Crippen molar-refractivity contribution in [2.24, 2.45) is 0 Å². The summed E-state index contributed by atoms with van der Waals surface area (Å²) >= 11 is 0. The second-order valence-electron chi connectivity index (χ2n) is 7.73. The molecule has 3 aromatic carbocycles. The Morgan fingerprint density at radius 1 is 0.771 bits per heavy atom. The molecule has 35 heavy (non-hydrogen) atoms. The van der Waals surface area contributed by atoms with Gasteiger partial charge in [-0.3, -0.25) is 14.4 Å². The molecule has 1 aromatic heterocycles. The maximum absolute atomic E-state index is 14.0. The van der Waals surface area contributed by atoms with Crippen LogP contribution in [0.25, 0.3) is 0 Å². The molecular formula is C27H22FN3O4. The fraction of sp³-hybridized carbons (Fsp3) is 0.0741. The van der Waals surface area contributed by atoms with Gasteiger partial charge < -0.3 is 20.4 Å². The van der Waals surface area contributed by atoms with Gasteiger partial charge in [-0.1, -0.05) is 30.3 Å². The van der Waals surface area contributed by atoms with Crippen LogP contribution < -0.4 is 16.0 Å². The van der Waals surface area contributed by atoms with Crippen molar-refractivity contribution in [1.82, 2.24) is 5.32 Å². The van der Waals surface area contributed by atoms with Crippen molar-refractivity contribution in [2.45, 2.75) is 13.5 Å². The smallest absolute Gasteiger partial charge is 0.258 e. The highest BCUT2D eigenvalue weighted by molar-refractivity contribution is 6.10. The minimum atomic E-state index is -0.640.